The molecule has 0 aliphatic rings. The summed E-state index contributed by atoms with van der Waals surface area (Å²) in [4.78, 5) is 13.4. The molecule has 0 saturated carbocycles. The normalized spacial score (nSPS) is 12.8. The Morgan fingerprint density at radius 3 is 3.00 bits per heavy atom. The maximum Gasteiger partial charge on any atom is 0.285 e. The average Bonchev–Trinajstić information content (AvgIpc) is 2.33. The van der Waals surface area contributed by atoms with Gasteiger partial charge in [-0.1, -0.05) is 18.5 Å². The predicted octanol–water partition coefficient (Wildman–Crippen LogP) is 1.57. The van der Waals surface area contributed by atoms with Crippen molar-refractivity contribution >= 4 is 17.3 Å². The van der Waals surface area contributed by atoms with Crippen LogP contribution in [0.5, 0.6) is 0 Å². The van der Waals surface area contributed by atoms with E-state index in [1.165, 1.54) is 6.20 Å². The number of likely N-dealkylation sites (N-methyl/N-ethyl adjacent to an activating group) is 1. The quantitative estimate of drug-likeness (QED) is 0.813. The maximum atomic E-state index is 11.2. The van der Waals surface area contributed by atoms with E-state index in [2.05, 4.69) is 41.3 Å². The molecule has 96 valence electrons. The third-order valence-electron chi connectivity index (χ3n) is 2.92. The molecule has 0 fully saturated rings. The number of H-pyrrole nitrogens is 1. The Kier molecular flexibility index (Phi) is 5.44. The Morgan fingerprint density at radius 1 is 1.65 bits per heavy atom. The van der Waals surface area contributed by atoms with Gasteiger partial charge in [0.2, 0.25) is 0 Å². The second-order valence-corrected chi connectivity index (χ2v) is 4.47. The first-order valence-corrected chi connectivity index (χ1v) is 6.11. The van der Waals surface area contributed by atoms with E-state index in [0.29, 0.717) is 11.7 Å². The van der Waals surface area contributed by atoms with E-state index in [4.69, 9.17) is 11.6 Å². The summed E-state index contributed by atoms with van der Waals surface area (Å²) in [6.07, 6.45) is 2.64. The lowest BCUT2D eigenvalue weighted by molar-refractivity contribution is 0.261. The molecule has 1 unspecified atom stereocenters. The van der Waals surface area contributed by atoms with Crippen LogP contribution >= 0.6 is 11.6 Å². The molecule has 1 atom stereocenters. The summed E-state index contributed by atoms with van der Waals surface area (Å²) in [5, 5.41) is 9.24. The zero-order chi connectivity index (χ0) is 12.8. The Hall–Kier alpha value is -1.07. The number of rotatable bonds is 6. The third kappa shape index (κ3) is 4.02. The average molecular weight is 259 g/mol. The summed E-state index contributed by atoms with van der Waals surface area (Å²) in [6.45, 7) is 5.96. The van der Waals surface area contributed by atoms with Gasteiger partial charge in [-0.05, 0) is 20.4 Å². The summed E-state index contributed by atoms with van der Waals surface area (Å²) in [5.41, 5.74) is 0.208. The van der Waals surface area contributed by atoms with Crippen LogP contribution in [0, 0.1) is 0 Å². The Balaban J connectivity index is 2.46. The topological polar surface area (TPSA) is 61.0 Å². The number of hydrogen-bond donors (Lipinski definition) is 2. The van der Waals surface area contributed by atoms with Crippen LogP contribution in [0.1, 0.15) is 20.3 Å². The largest absolute Gasteiger partial charge is 0.381 e. The molecule has 0 saturated heterocycles. The molecular weight excluding hydrogens is 240 g/mol. The molecule has 1 heterocycles. The third-order valence-corrected chi connectivity index (χ3v) is 3.29. The minimum Gasteiger partial charge on any atom is -0.381 e. The molecule has 0 spiro atoms. The molecule has 2 N–H and O–H groups in total. The highest BCUT2D eigenvalue weighted by Crippen LogP contribution is 2.13. The van der Waals surface area contributed by atoms with Gasteiger partial charge in [-0.25, -0.2) is 5.10 Å². The van der Waals surface area contributed by atoms with Crippen molar-refractivity contribution < 1.29 is 0 Å². The summed E-state index contributed by atoms with van der Waals surface area (Å²) < 4.78 is 0. The van der Waals surface area contributed by atoms with Gasteiger partial charge in [0.25, 0.3) is 5.56 Å². The smallest absolute Gasteiger partial charge is 0.285 e. The van der Waals surface area contributed by atoms with Gasteiger partial charge < -0.3 is 10.2 Å². The molecule has 0 amide bonds. The highest BCUT2D eigenvalue weighted by molar-refractivity contribution is 6.32. The zero-order valence-corrected chi connectivity index (χ0v) is 11.2. The van der Waals surface area contributed by atoms with Crippen LogP contribution in [0.15, 0.2) is 11.0 Å². The van der Waals surface area contributed by atoms with Gasteiger partial charge in [0, 0.05) is 19.1 Å². The number of anilines is 1. The van der Waals surface area contributed by atoms with E-state index >= 15 is 0 Å². The van der Waals surface area contributed by atoms with Crippen LogP contribution in [-0.4, -0.2) is 41.3 Å². The summed E-state index contributed by atoms with van der Waals surface area (Å²) in [5.74, 6) is 0. The van der Waals surface area contributed by atoms with Gasteiger partial charge in [0.15, 0.2) is 0 Å². The van der Waals surface area contributed by atoms with Crippen molar-refractivity contribution in [3.8, 4) is 0 Å². The monoisotopic (exact) mass is 258 g/mol. The molecule has 5 nitrogen and oxygen atoms in total. The van der Waals surface area contributed by atoms with Crippen LogP contribution in [0.2, 0.25) is 5.02 Å². The number of aromatic amines is 1. The summed E-state index contributed by atoms with van der Waals surface area (Å²) in [6, 6.07) is 0.546. The van der Waals surface area contributed by atoms with Crippen molar-refractivity contribution in [1.82, 2.24) is 15.1 Å². The SMILES string of the molecule is CCC(C)N(C)CCNc1cn[nH]c(=O)c1Cl. The van der Waals surface area contributed by atoms with Crippen molar-refractivity contribution in [2.24, 2.45) is 0 Å². The summed E-state index contributed by atoms with van der Waals surface area (Å²) >= 11 is 5.84. The van der Waals surface area contributed by atoms with Crippen molar-refractivity contribution in [3.05, 3.63) is 21.6 Å². The van der Waals surface area contributed by atoms with Gasteiger partial charge in [0.05, 0.1) is 11.9 Å². The molecule has 6 heteroatoms. The fourth-order valence-corrected chi connectivity index (χ4v) is 1.56. The maximum absolute atomic E-state index is 11.2. The Morgan fingerprint density at radius 2 is 2.35 bits per heavy atom. The minimum absolute atomic E-state index is 0.159. The second kappa shape index (κ2) is 6.61. The highest BCUT2D eigenvalue weighted by Gasteiger charge is 2.07. The van der Waals surface area contributed by atoms with Crippen LogP contribution in [-0.2, 0) is 0 Å². The molecular formula is C11H19ClN4O. The van der Waals surface area contributed by atoms with Gasteiger partial charge in [-0.2, -0.15) is 5.10 Å². The van der Waals surface area contributed by atoms with Crippen molar-refractivity contribution in [3.63, 3.8) is 0 Å². The number of halogens is 1. The van der Waals surface area contributed by atoms with Crippen LogP contribution in [0.25, 0.3) is 0 Å². The van der Waals surface area contributed by atoms with Crippen molar-refractivity contribution in [2.45, 2.75) is 26.3 Å². The fourth-order valence-electron chi connectivity index (χ4n) is 1.41. The lowest BCUT2D eigenvalue weighted by Gasteiger charge is -2.23. The molecule has 1 aromatic heterocycles. The van der Waals surface area contributed by atoms with Gasteiger partial charge >= 0.3 is 0 Å². The van der Waals surface area contributed by atoms with Gasteiger partial charge in [-0.3, -0.25) is 4.79 Å². The van der Waals surface area contributed by atoms with Gasteiger partial charge in [-0.15, -0.1) is 0 Å². The second-order valence-electron chi connectivity index (χ2n) is 4.09. The number of nitrogens with zero attached hydrogens (tertiary/aromatic N) is 2. The first-order chi connectivity index (χ1) is 8.06. The fraction of sp³-hybridized carbons (Fsp3) is 0.636. The molecule has 1 aromatic rings. The standard InChI is InChI=1S/C11H19ClN4O/c1-4-8(2)16(3)6-5-13-9-7-14-15-11(17)10(9)12/h7-8H,4-6H2,1-3H3,(H2,13,15,17). The van der Waals surface area contributed by atoms with Crippen LogP contribution in [0.3, 0.4) is 0 Å². The molecule has 0 aliphatic carbocycles. The van der Waals surface area contributed by atoms with E-state index < -0.39 is 0 Å². The molecule has 17 heavy (non-hydrogen) atoms. The first kappa shape index (κ1) is 14.0. The lowest BCUT2D eigenvalue weighted by atomic mass is 10.2. The van der Waals surface area contributed by atoms with Crippen molar-refractivity contribution in [1.29, 1.82) is 0 Å². The zero-order valence-electron chi connectivity index (χ0n) is 10.5. The molecule has 0 aliphatic heterocycles. The van der Waals surface area contributed by atoms with Crippen LogP contribution in [0.4, 0.5) is 5.69 Å². The molecule has 1 rings (SSSR count). The molecule has 0 bridgehead atoms. The predicted molar refractivity (Wildman–Crippen MR) is 70.7 cm³/mol. The Bertz CT molecular complexity index is 407. The number of hydrogen-bond acceptors (Lipinski definition) is 4. The molecule has 0 aromatic carbocycles. The number of nitrogens with one attached hydrogen (secondary N) is 2. The van der Waals surface area contributed by atoms with E-state index in [1.807, 2.05) is 0 Å². The lowest BCUT2D eigenvalue weighted by Crippen LogP contribution is -2.32. The van der Waals surface area contributed by atoms with E-state index in [-0.39, 0.29) is 10.6 Å². The Labute approximate surface area is 106 Å². The molecule has 0 radical (unpaired) electrons. The highest BCUT2D eigenvalue weighted by atomic mass is 35.5. The van der Waals surface area contributed by atoms with E-state index in [1.54, 1.807) is 0 Å². The van der Waals surface area contributed by atoms with Crippen molar-refractivity contribution in [2.75, 3.05) is 25.5 Å². The summed E-state index contributed by atoms with van der Waals surface area (Å²) in [7, 11) is 2.08. The minimum atomic E-state index is -0.369. The van der Waals surface area contributed by atoms with Gasteiger partial charge in [0.1, 0.15) is 5.02 Å². The number of aromatic nitrogens is 2. The van der Waals surface area contributed by atoms with Crippen LogP contribution < -0.4 is 10.9 Å². The first-order valence-electron chi connectivity index (χ1n) is 5.73. The van der Waals surface area contributed by atoms with E-state index in [9.17, 15) is 4.79 Å². The van der Waals surface area contributed by atoms with E-state index in [0.717, 1.165) is 19.5 Å².